The average molecular weight is 232 g/mol. The summed E-state index contributed by atoms with van der Waals surface area (Å²) in [6.07, 6.45) is 8.32. The number of nitrogens with zero attached hydrogens (tertiary/aromatic N) is 4. The number of hydrogen-bond acceptors (Lipinski definition) is 3. The number of aromatic nitrogens is 4. The molecule has 0 unspecified atom stereocenters. The van der Waals surface area contributed by atoms with Crippen molar-refractivity contribution in [3.63, 3.8) is 0 Å². The third kappa shape index (κ3) is 1.75. The van der Waals surface area contributed by atoms with Crippen molar-refractivity contribution in [3.8, 4) is 0 Å². The molecule has 1 aliphatic carbocycles. The van der Waals surface area contributed by atoms with Crippen molar-refractivity contribution < 1.29 is 0 Å². The molecule has 1 aliphatic rings. The van der Waals surface area contributed by atoms with Crippen LogP contribution < -0.4 is 5.56 Å². The van der Waals surface area contributed by atoms with Gasteiger partial charge in [-0.1, -0.05) is 12.8 Å². The van der Waals surface area contributed by atoms with Crippen LogP contribution in [0, 0.1) is 5.92 Å². The smallest absolute Gasteiger partial charge is 0.264 e. The molecule has 2 heterocycles. The van der Waals surface area contributed by atoms with E-state index in [2.05, 4.69) is 10.1 Å². The molecule has 1 fully saturated rings. The molecule has 2 aromatic rings. The molecule has 0 aromatic carbocycles. The van der Waals surface area contributed by atoms with Gasteiger partial charge in [-0.25, -0.2) is 4.98 Å². The highest BCUT2D eigenvalue weighted by Crippen LogP contribution is 2.25. The number of rotatable bonds is 2. The van der Waals surface area contributed by atoms with Crippen LogP contribution in [0.2, 0.25) is 0 Å². The maximum absolute atomic E-state index is 12.2. The first-order valence-corrected chi connectivity index (χ1v) is 6.13. The maximum atomic E-state index is 12.2. The predicted octanol–water partition coefficient (Wildman–Crippen LogP) is 1.32. The van der Waals surface area contributed by atoms with Crippen LogP contribution >= 0.6 is 0 Å². The summed E-state index contributed by atoms with van der Waals surface area (Å²) < 4.78 is 3.37. The second kappa shape index (κ2) is 3.98. The van der Waals surface area contributed by atoms with Gasteiger partial charge in [-0.15, -0.1) is 0 Å². The fourth-order valence-corrected chi connectivity index (χ4v) is 2.67. The molecule has 0 N–H and O–H groups in total. The lowest BCUT2D eigenvalue weighted by atomic mass is 10.1. The Bertz CT molecular complexity index is 592. The van der Waals surface area contributed by atoms with Gasteiger partial charge in [0.05, 0.1) is 12.5 Å². The first kappa shape index (κ1) is 10.5. The molecule has 5 heteroatoms. The Balaban J connectivity index is 1.99. The summed E-state index contributed by atoms with van der Waals surface area (Å²) in [6.45, 7) is 0.802. The van der Waals surface area contributed by atoms with Crippen LogP contribution in [0.4, 0.5) is 0 Å². The van der Waals surface area contributed by atoms with E-state index in [1.807, 2.05) is 0 Å². The quantitative estimate of drug-likeness (QED) is 0.784. The third-order valence-electron chi connectivity index (χ3n) is 3.65. The van der Waals surface area contributed by atoms with Gasteiger partial charge in [-0.05, 0) is 18.8 Å². The molecule has 2 aromatic heterocycles. The van der Waals surface area contributed by atoms with Crippen molar-refractivity contribution in [1.82, 2.24) is 19.3 Å². The van der Waals surface area contributed by atoms with E-state index in [0.717, 1.165) is 6.54 Å². The van der Waals surface area contributed by atoms with Gasteiger partial charge in [0.2, 0.25) is 0 Å². The van der Waals surface area contributed by atoms with Crippen molar-refractivity contribution in [2.45, 2.75) is 32.2 Å². The van der Waals surface area contributed by atoms with Crippen molar-refractivity contribution in [2.24, 2.45) is 13.0 Å². The molecular weight excluding hydrogens is 216 g/mol. The Morgan fingerprint density at radius 2 is 2.18 bits per heavy atom. The molecule has 17 heavy (non-hydrogen) atoms. The van der Waals surface area contributed by atoms with Crippen LogP contribution in [-0.2, 0) is 13.6 Å². The lowest BCUT2D eigenvalue weighted by Gasteiger charge is -2.10. The van der Waals surface area contributed by atoms with Crippen molar-refractivity contribution in [2.75, 3.05) is 0 Å². The molecular formula is C12H16N4O. The summed E-state index contributed by atoms with van der Waals surface area (Å²) in [6, 6.07) is 0. The minimum atomic E-state index is 0.0370. The normalized spacial score (nSPS) is 17.0. The zero-order chi connectivity index (χ0) is 11.8. The SMILES string of the molecule is Cn1ncc2c(=O)n(CC3CCCC3)cnc21. The van der Waals surface area contributed by atoms with Crippen LogP contribution in [-0.4, -0.2) is 19.3 Å². The maximum Gasteiger partial charge on any atom is 0.264 e. The summed E-state index contributed by atoms with van der Waals surface area (Å²) in [5.74, 6) is 0.642. The van der Waals surface area contributed by atoms with Crippen molar-refractivity contribution >= 4 is 11.0 Å². The Morgan fingerprint density at radius 1 is 1.41 bits per heavy atom. The zero-order valence-electron chi connectivity index (χ0n) is 9.96. The topological polar surface area (TPSA) is 52.7 Å². The second-order valence-corrected chi connectivity index (χ2v) is 4.86. The number of hydrogen-bond donors (Lipinski definition) is 0. The summed E-state index contributed by atoms with van der Waals surface area (Å²) in [4.78, 5) is 16.5. The Labute approximate surface area is 99.1 Å². The van der Waals surface area contributed by atoms with Gasteiger partial charge in [0.15, 0.2) is 5.65 Å². The van der Waals surface area contributed by atoms with Crippen LogP contribution in [0.1, 0.15) is 25.7 Å². The van der Waals surface area contributed by atoms with Gasteiger partial charge in [0.1, 0.15) is 5.39 Å². The number of fused-ring (bicyclic) bond motifs is 1. The first-order chi connectivity index (χ1) is 8.25. The molecule has 5 nitrogen and oxygen atoms in total. The molecule has 1 saturated carbocycles. The van der Waals surface area contributed by atoms with E-state index in [4.69, 9.17) is 0 Å². The molecule has 0 atom stereocenters. The van der Waals surface area contributed by atoms with Crippen LogP contribution in [0.25, 0.3) is 11.0 Å². The summed E-state index contributed by atoms with van der Waals surface area (Å²) >= 11 is 0. The zero-order valence-corrected chi connectivity index (χ0v) is 9.96. The van der Waals surface area contributed by atoms with Gasteiger partial charge in [-0.3, -0.25) is 14.0 Å². The van der Waals surface area contributed by atoms with E-state index in [9.17, 15) is 4.79 Å². The molecule has 90 valence electrons. The van der Waals surface area contributed by atoms with Gasteiger partial charge in [0, 0.05) is 13.6 Å². The summed E-state index contributed by atoms with van der Waals surface area (Å²) in [7, 11) is 1.80. The molecule has 0 amide bonds. The third-order valence-corrected chi connectivity index (χ3v) is 3.65. The van der Waals surface area contributed by atoms with Gasteiger partial charge in [-0.2, -0.15) is 5.10 Å². The first-order valence-electron chi connectivity index (χ1n) is 6.13. The Hall–Kier alpha value is -1.65. The van der Waals surface area contributed by atoms with E-state index in [0.29, 0.717) is 17.0 Å². The summed E-state index contributed by atoms with van der Waals surface area (Å²) in [5.41, 5.74) is 0.702. The van der Waals surface area contributed by atoms with E-state index >= 15 is 0 Å². The van der Waals surface area contributed by atoms with Crippen LogP contribution in [0.3, 0.4) is 0 Å². The van der Waals surface area contributed by atoms with E-state index in [-0.39, 0.29) is 5.56 Å². The monoisotopic (exact) mass is 232 g/mol. The standard InChI is InChI=1S/C12H16N4O/c1-15-11-10(6-14-15)12(17)16(8-13-11)7-9-4-2-3-5-9/h6,8-9H,2-5,7H2,1H3. The largest absolute Gasteiger partial charge is 0.298 e. The van der Waals surface area contributed by atoms with E-state index in [1.165, 1.54) is 25.7 Å². The van der Waals surface area contributed by atoms with Gasteiger partial charge >= 0.3 is 0 Å². The van der Waals surface area contributed by atoms with Crippen LogP contribution in [0.15, 0.2) is 17.3 Å². The molecule has 0 spiro atoms. The minimum absolute atomic E-state index is 0.0370. The number of aryl methyl sites for hydroxylation is 1. The highest BCUT2D eigenvalue weighted by Gasteiger charge is 2.17. The Morgan fingerprint density at radius 3 is 2.94 bits per heavy atom. The van der Waals surface area contributed by atoms with Crippen LogP contribution in [0.5, 0.6) is 0 Å². The fraction of sp³-hybridized carbons (Fsp3) is 0.583. The van der Waals surface area contributed by atoms with Gasteiger partial charge < -0.3 is 0 Å². The molecule has 0 saturated heterocycles. The van der Waals surface area contributed by atoms with E-state index < -0.39 is 0 Å². The molecule has 0 bridgehead atoms. The average Bonchev–Trinajstić information content (AvgIpc) is 2.93. The highest BCUT2D eigenvalue weighted by molar-refractivity contribution is 5.72. The minimum Gasteiger partial charge on any atom is -0.298 e. The van der Waals surface area contributed by atoms with Crippen molar-refractivity contribution in [1.29, 1.82) is 0 Å². The second-order valence-electron chi connectivity index (χ2n) is 4.86. The molecule has 0 radical (unpaired) electrons. The molecule has 0 aliphatic heterocycles. The van der Waals surface area contributed by atoms with Crippen molar-refractivity contribution in [3.05, 3.63) is 22.9 Å². The van der Waals surface area contributed by atoms with Gasteiger partial charge in [0.25, 0.3) is 5.56 Å². The van der Waals surface area contributed by atoms with E-state index in [1.54, 1.807) is 28.8 Å². The predicted molar refractivity (Wildman–Crippen MR) is 64.7 cm³/mol. The lowest BCUT2D eigenvalue weighted by Crippen LogP contribution is -2.23. The summed E-state index contributed by atoms with van der Waals surface area (Å²) in [5, 5.41) is 4.69. The Kier molecular flexibility index (Phi) is 2.46. The molecule has 3 rings (SSSR count). The lowest BCUT2D eigenvalue weighted by molar-refractivity contribution is 0.447. The fourth-order valence-electron chi connectivity index (χ4n) is 2.67. The highest BCUT2D eigenvalue weighted by atomic mass is 16.1.